The summed E-state index contributed by atoms with van der Waals surface area (Å²) in [6.45, 7) is 1.83. The second kappa shape index (κ2) is 5.61. The van der Waals surface area contributed by atoms with E-state index in [4.69, 9.17) is 26.4 Å². The Hall–Kier alpha value is -1.56. The van der Waals surface area contributed by atoms with Crippen molar-refractivity contribution in [2.75, 3.05) is 0 Å². The summed E-state index contributed by atoms with van der Waals surface area (Å²) in [6, 6.07) is 8.91. The molecule has 0 aromatic heterocycles. The second-order valence-electron chi connectivity index (χ2n) is 4.07. The molecule has 0 bridgehead atoms. The van der Waals surface area contributed by atoms with E-state index in [1.807, 2.05) is 6.92 Å². The highest BCUT2D eigenvalue weighted by Gasteiger charge is 2.16. The van der Waals surface area contributed by atoms with Crippen LogP contribution in [0.15, 0.2) is 36.4 Å². The van der Waals surface area contributed by atoms with Gasteiger partial charge in [-0.2, -0.15) is 0 Å². The van der Waals surface area contributed by atoms with Gasteiger partial charge in [-0.15, -0.1) is 0 Å². The molecule has 0 atom stereocenters. The molecular formula is C13H11BClFO3. The van der Waals surface area contributed by atoms with E-state index in [2.05, 4.69) is 0 Å². The summed E-state index contributed by atoms with van der Waals surface area (Å²) in [4.78, 5) is 0. The first-order chi connectivity index (χ1) is 8.97. The quantitative estimate of drug-likeness (QED) is 0.848. The maximum absolute atomic E-state index is 13.5. The zero-order chi connectivity index (χ0) is 14.0. The minimum absolute atomic E-state index is 0.195. The highest BCUT2D eigenvalue weighted by atomic mass is 35.5. The molecule has 0 radical (unpaired) electrons. The first-order valence-corrected chi connectivity index (χ1v) is 5.95. The standard InChI is InChI=1S/C13H11BClFO3/c1-8-6-9(3-5-12(8)15)19-10-2-4-11(14(17)18)13(16)7-10/h2-7,17-18H,1H3. The molecule has 0 unspecified atom stereocenters. The summed E-state index contributed by atoms with van der Waals surface area (Å²) in [6.07, 6.45) is 0. The van der Waals surface area contributed by atoms with Gasteiger partial charge in [0, 0.05) is 16.6 Å². The van der Waals surface area contributed by atoms with E-state index in [0.717, 1.165) is 11.6 Å². The third kappa shape index (κ3) is 3.26. The number of halogens is 2. The van der Waals surface area contributed by atoms with Crippen LogP contribution in [0.25, 0.3) is 0 Å². The van der Waals surface area contributed by atoms with Crippen molar-refractivity contribution in [2.45, 2.75) is 6.92 Å². The first kappa shape index (κ1) is 13.9. The Labute approximate surface area is 115 Å². The molecule has 0 fully saturated rings. The molecular weight excluding hydrogens is 269 g/mol. The van der Waals surface area contributed by atoms with E-state index in [1.54, 1.807) is 18.2 Å². The van der Waals surface area contributed by atoms with Crippen molar-refractivity contribution in [3.63, 3.8) is 0 Å². The summed E-state index contributed by atoms with van der Waals surface area (Å²) in [7, 11) is -1.84. The Morgan fingerprint density at radius 3 is 2.32 bits per heavy atom. The number of hydrogen-bond donors (Lipinski definition) is 2. The Morgan fingerprint density at radius 2 is 1.74 bits per heavy atom. The lowest BCUT2D eigenvalue weighted by Gasteiger charge is -2.09. The van der Waals surface area contributed by atoms with Crippen molar-refractivity contribution < 1.29 is 19.2 Å². The predicted octanol–water partition coefficient (Wildman–Crippen LogP) is 2.26. The van der Waals surface area contributed by atoms with Gasteiger partial charge in [0.15, 0.2) is 0 Å². The fraction of sp³-hybridized carbons (Fsp3) is 0.0769. The fourth-order valence-electron chi connectivity index (χ4n) is 1.60. The fourth-order valence-corrected chi connectivity index (χ4v) is 1.72. The zero-order valence-electron chi connectivity index (χ0n) is 10.1. The molecule has 0 spiro atoms. The van der Waals surface area contributed by atoms with Gasteiger partial charge in [0.1, 0.15) is 17.3 Å². The molecule has 0 amide bonds. The summed E-state index contributed by atoms with van der Waals surface area (Å²) in [5.41, 5.74) is 0.654. The average molecular weight is 280 g/mol. The Balaban J connectivity index is 2.24. The van der Waals surface area contributed by atoms with Crippen molar-refractivity contribution in [3.8, 4) is 11.5 Å². The molecule has 2 aromatic rings. The van der Waals surface area contributed by atoms with Crippen LogP contribution in [-0.4, -0.2) is 17.2 Å². The third-order valence-electron chi connectivity index (χ3n) is 2.62. The highest BCUT2D eigenvalue weighted by Crippen LogP contribution is 2.25. The molecule has 0 aliphatic heterocycles. The number of rotatable bonds is 3. The SMILES string of the molecule is Cc1cc(Oc2ccc(B(O)O)c(F)c2)ccc1Cl. The largest absolute Gasteiger partial charge is 0.491 e. The van der Waals surface area contributed by atoms with Crippen LogP contribution in [0.1, 0.15) is 5.56 Å². The molecule has 2 rings (SSSR count). The van der Waals surface area contributed by atoms with Crippen LogP contribution in [0.3, 0.4) is 0 Å². The first-order valence-electron chi connectivity index (χ1n) is 5.57. The van der Waals surface area contributed by atoms with Gasteiger partial charge in [0.2, 0.25) is 0 Å². The molecule has 0 saturated carbocycles. The zero-order valence-corrected chi connectivity index (χ0v) is 10.9. The van der Waals surface area contributed by atoms with Crippen LogP contribution in [0.5, 0.6) is 11.5 Å². The molecule has 0 aliphatic rings. The second-order valence-corrected chi connectivity index (χ2v) is 4.48. The van der Waals surface area contributed by atoms with Crippen LogP contribution >= 0.6 is 11.6 Å². The normalized spacial score (nSPS) is 10.4. The minimum atomic E-state index is -1.84. The molecule has 2 N–H and O–H groups in total. The summed E-state index contributed by atoms with van der Waals surface area (Å²) in [5, 5.41) is 18.4. The molecule has 19 heavy (non-hydrogen) atoms. The van der Waals surface area contributed by atoms with Crippen LogP contribution in [0.4, 0.5) is 4.39 Å². The molecule has 0 aliphatic carbocycles. The molecule has 0 saturated heterocycles. The van der Waals surface area contributed by atoms with Gasteiger partial charge in [0.25, 0.3) is 0 Å². The van der Waals surface area contributed by atoms with Crippen molar-refractivity contribution >= 4 is 24.2 Å². The number of benzene rings is 2. The molecule has 6 heteroatoms. The number of ether oxygens (including phenoxy) is 1. The van der Waals surface area contributed by atoms with Crippen LogP contribution in [-0.2, 0) is 0 Å². The number of hydrogen-bond acceptors (Lipinski definition) is 3. The van der Waals surface area contributed by atoms with Gasteiger partial charge in [-0.25, -0.2) is 4.39 Å². The van der Waals surface area contributed by atoms with E-state index in [1.165, 1.54) is 12.1 Å². The van der Waals surface area contributed by atoms with Crippen molar-refractivity contribution in [3.05, 3.63) is 52.8 Å². The summed E-state index contributed by atoms with van der Waals surface area (Å²) < 4.78 is 19.0. The maximum atomic E-state index is 13.5. The lowest BCUT2D eigenvalue weighted by Crippen LogP contribution is -2.32. The summed E-state index contributed by atoms with van der Waals surface area (Å²) >= 11 is 5.89. The van der Waals surface area contributed by atoms with Crippen molar-refractivity contribution in [1.82, 2.24) is 0 Å². The van der Waals surface area contributed by atoms with Gasteiger partial charge in [-0.3, -0.25) is 0 Å². The van der Waals surface area contributed by atoms with Gasteiger partial charge in [-0.05, 0) is 36.8 Å². The summed E-state index contributed by atoms with van der Waals surface area (Å²) in [5.74, 6) is 0.0559. The lowest BCUT2D eigenvalue weighted by molar-refractivity contribution is 0.422. The Bertz CT molecular complexity index is 604. The predicted molar refractivity (Wildman–Crippen MR) is 72.5 cm³/mol. The average Bonchev–Trinajstić information content (AvgIpc) is 2.33. The molecule has 3 nitrogen and oxygen atoms in total. The smallest absolute Gasteiger partial charge is 0.457 e. The third-order valence-corrected chi connectivity index (χ3v) is 3.04. The molecule has 98 valence electrons. The van der Waals surface area contributed by atoms with Crippen molar-refractivity contribution in [2.24, 2.45) is 0 Å². The van der Waals surface area contributed by atoms with Crippen molar-refractivity contribution in [1.29, 1.82) is 0 Å². The maximum Gasteiger partial charge on any atom is 0.491 e. The van der Waals surface area contributed by atoms with E-state index < -0.39 is 12.9 Å². The Kier molecular flexibility index (Phi) is 4.09. The lowest BCUT2D eigenvalue weighted by atomic mass is 9.80. The molecule has 0 heterocycles. The van der Waals surface area contributed by atoms with Crippen LogP contribution in [0.2, 0.25) is 5.02 Å². The van der Waals surface area contributed by atoms with Gasteiger partial charge in [-0.1, -0.05) is 17.7 Å². The highest BCUT2D eigenvalue weighted by molar-refractivity contribution is 6.58. The molecule has 2 aromatic carbocycles. The van der Waals surface area contributed by atoms with Gasteiger partial charge < -0.3 is 14.8 Å². The Morgan fingerprint density at radius 1 is 1.11 bits per heavy atom. The van der Waals surface area contributed by atoms with E-state index in [0.29, 0.717) is 10.8 Å². The minimum Gasteiger partial charge on any atom is -0.457 e. The van der Waals surface area contributed by atoms with Crippen LogP contribution in [0, 0.1) is 12.7 Å². The van der Waals surface area contributed by atoms with E-state index >= 15 is 0 Å². The van der Waals surface area contributed by atoms with E-state index in [9.17, 15) is 4.39 Å². The van der Waals surface area contributed by atoms with Crippen LogP contribution < -0.4 is 10.2 Å². The number of aryl methyl sites for hydroxylation is 1. The van der Waals surface area contributed by atoms with Gasteiger partial charge in [0.05, 0.1) is 0 Å². The van der Waals surface area contributed by atoms with Gasteiger partial charge >= 0.3 is 7.12 Å². The monoisotopic (exact) mass is 280 g/mol. The van der Waals surface area contributed by atoms with E-state index in [-0.39, 0.29) is 11.2 Å². The topological polar surface area (TPSA) is 49.7 Å².